The van der Waals surface area contributed by atoms with Gasteiger partial charge in [0.25, 0.3) is 5.56 Å². The molecule has 0 aliphatic heterocycles. The van der Waals surface area contributed by atoms with E-state index in [0.717, 1.165) is 25.7 Å². The average Bonchev–Trinajstić information content (AvgIpc) is 2.47. The Balaban J connectivity index is 2.07. The van der Waals surface area contributed by atoms with Gasteiger partial charge in [-0.15, -0.1) is 0 Å². The van der Waals surface area contributed by atoms with Crippen LogP contribution in [0.2, 0.25) is 0 Å². The topological polar surface area (TPSA) is 67.2 Å². The van der Waals surface area contributed by atoms with E-state index in [1.807, 2.05) is 6.92 Å². The molecular formula is C14H23N3O2. The van der Waals surface area contributed by atoms with Gasteiger partial charge in [-0.05, 0) is 19.8 Å². The van der Waals surface area contributed by atoms with Crippen molar-refractivity contribution in [1.29, 1.82) is 0 Å². The second-order valence-corrected chi connectivity index (χ2v) is 5.44. The van der Waals surface area contributed by atoms with E-state index in [1.54, 1.807) is 17.0 Å². The van der Waals surface area contributed by atoms with Crippen LogP contribution < -0.4 is 10.9 Å². The first kappa shape index (κ1) is 14.1. The second kappa shape index (κ2) is 6.19. The molecule has 0 spiro atoms. The summed E-state index contributed by atoms with van der Waals surface area (Å²) in [4.78, 5) is 16.2. The first-order valence-corrected chi connectivity index (χ1v) is 7.11. The highest BCUT2D eigenvalue weighted by atomic mass is 16.3. The van der Waals surface area contributed by atoms with Crippen LogP contribution >= 0.6 is 0 Å². The van der Waals surface area contributed by atoms with Gasteiger partial charge in [0.05, 0.1) is 6.61 Å². The van der Waals surface area contributed by atoms with E-state index < -0.39 is 0 Å². The van der Waals surface area contributed by atoms with Gasteiger partial charge in [-0.2, -0.15) is 0 Å². The Morgan fingerprint density at radius 3 is 2.79 bits per heavy atom. The summed E-state index contributed by atoms with van der Waals surface area (Å²) in [6.45, 7) is 3.37. The quantitative estimate of drug-likeness (QED) is 0.849. The molecule has 1 fully saturated rings. The van der Waals surface area contributed by atoms with Crippen LogP contribution in [0.3, 0.4) is 0 Å². The smallest absolute Gasteiger partial charge is 0.293 e. The minimum Gasteiger partial charge on any atom is -0.396 e. The van der Waals surface area contributed by atoms with Crippen molar-refractivity contribution in [3.8, 4) is 0 Å². The average molecular weight is 265 g/mol. The van der Waals surface area contributed by atoms with Gasteiger partial charge in [0.15, 0.2) is 5.82 Å². The van der Waals surface area contributed by atoms with Crippen LogP contribution in [-0.2, 0) is 6.54 Å². The maximum atomic E-state index is 12.0. The molecule has 19 heavy (non-hydrogen) atoms. The molecule has 1 heterocycles. The Morgan fingerprint density at radius 1 is 1.42 bits per heavy atom. The van der Waals surface area contributed by atoms with Crippen LogP contribution in [0.5, 0.6) is 0 Å². The third kappa shape index (κ3) is 3.15. The molecule has 0 bridgehead atoms. The lowest BCUT2D eigenvalue weighted by atomic mass is 9.74. The van der Waals surface area contributed by atoms with E-state index in [2.05, 4.69) is 10.3 Å². The molecule has 0 aromatic carbocycles. The van der Waals surface area contributed by atoms with Crippen LogP contribution in [0.1, 0.15) is 39.0 Å². The van der Waals surface area contributed by atoms with Crippen molar-refractivity contribution in [3.63, 3.8) is 0 Å². The van der Waals surface area contributed by atoms with Crippen molar-refractivity contribution in [3.05, 3.63) is 22.7 Å². The summed E-state index contributed by atoms with van der Waals surface area (Å²) >= 11 is 0. The number of aryl methyl sites for hydroxylation is 1. The van der Waals surface area contributed by atoms with Crippen LogP contribution in [0.4, 0.5) is 5.82 Å². The number of hydrogen-bond donors (Lipinski definition) is 2. The van der Waals surface area contributed by atoms with Crippen molar-refractivity contribution < 1.29 is 5.11 Å². The van der Waals surface area contributed by atoms with Gasteiger partial charge in [-0.3, -0.25) is 4.79 Å². The number of nitrogens with zero attached hydrogens (tertiary/aromatic N) is 2. The number of hydrogen-bond acceptors (Lipinski definition) is 4. The van der Waals surface area contributed by atoms with Crippen molar-refractivity contribution in [1.82, 2.24) is 9.55 Å². The molecule has 2 N–H and O–H groups in total. The normalized spacial score (nSPS) is 18.2. The molecule has 5 nitrogen and oxygen atoms in total. The van der Waals surface area contributed by atoms with E-state index in [1.165, 1.54) is 6.42 Å². The molecule has 1 aliphatic carbocycles. The zero-order chi connectivity index (χ0) is 13.7. The number of nitrogens with one attached hydrogen (secondary N) is 1. The van der Waals surface area contributed by atoms with Crippen molar-refractivity contribution >= 4 is 5.82 Å². The number of rotatable bonds is 5. The van der Waals surface area contributed by atoms with Gasteiger partial charge in [0.2, 0.25) is 0 Å². The number of aliphatic hydroxyl groups excluding tert-OH is 1. The van der Waals surface area contributed by atoms with Crippen LogP contribution in [0.15, 0.2) is 17.2 Å². The molecule has 0 atom stereocenters. The molecule has 0 saturated heterocycles. The lowest BCUT2D eigenvalue weighted by molar-refractivity contribution is 0.0943. The lowest BCUT2D eigenvalue weighted by Gasteiger charge is -2.35. The third-order valence-corrected chi connectivity index (χ3v) is 4.13. The largest absolute Gasteiger partial charge is 0.396 e. The standard InChI is InChI=1S/C14H23N3O2/c1-2-17-9-8-15-12(13(17)19)16-10-14(11-18)6-4-3-5-7-14/h8-9,18H,2-7,10-11H2,1H3,(H,15,16). The van der Waals surface area contributed by atoms with E-state index in [0.29, 0.717) is 18.9 Å². The summed E-state index contributed by atoms with van der Waals surface area (Å²) < 4.78 is 1.63. The van der Waals surface area contributed by atoms with Crippen molar-refractivity contribution in [2.24, 2.45) is 5.41 Å². The molecule has 1 aliphatic rings. The summed E-state index contributed by atoms with van der Waals surface area (Å²) in [7, 11) is 0. The fourth-order valence-corrected chi connectivity index (χ4v) is 2.78. The Bertz CT molecular complexity index is 464. The molecule has 1 aromatic rings. The summed E-state index contributed by atoms with van der Waals surface area (Å²) in [6, 6.07) is 0. The van der Waals surface area contributed by atoms with Crippen LogP contribution in [0.25, 0.3) is 0 Å². The van der Waals surface area contributed by atoms with E-state index in [4.69, 9.17) is 0 Å². The van der Waals surface area contributed by atoms with Crippen LogP contribution in [-0.4, -0.2) is 27.8 Å². The monoisotopic (exact) mass is 265 g/mol. The predicted molar refractivity (Wildman–Crippen MR) is 75.3 cm³/mol. The first-order valence-electron chi connectivity index (χ1n) is 7.11. The van der Waals surface area contributed by atoms with Gasteiger partial charge in [-0.1, -0.05) is 19.3 Å². The minimum atomic E-state index is -0.0890. The molecule has 0 radical (unpaired) electrons. The fraction of sp³-hybridized carbons (Fsp3) is 0.714. The summed E-state index contributed by atoms with van der Waals surface area (Å²) in [5.41, 5.74) is -0.173. The predicted octanol–water partition coefficient (Wildman–Crippen LogP) is 1.62. The Hall–Kier alpha value is -1.36. The van der Waals surface area contributed by atoms with Crippen molar-refractivity contribution in [2.75, 3.05) is 18.5 Å². The fourth-order valence-electron chi connectivity index (χ4n) is 2.78. The van der Waals surface area contributed by atoms with Gasteiger partial charge in [-0.25, -0.2) is 4.98 Å². The first-order chi connectivity index (χ1) is 9.21. The Labute approximate surface area is 113 Å². The molecule has 2 rings (SSSR count). The number of aliphatic hydroxyl groups is 1. The van der Waals surface area contributed by atoms with Gasteiger partial charge in [0, 0.05) is 30.9 Å². The molecular weight excluding hydrogens is 242 g/mol. The molecule has 5 heteroatoms. The maximum Gasteiger partial charge on any atom is 0.293 e. The zero-order valence-electron chi connectivity index (χ0n) is 11.6. The third-order valence-electron chi connectivity index (χ3n) is 4.13. The van der Waals surface area contributed by atoms with Gasteiger partial charge >= 0.3 is 0 Å². The highest BCUT2D eigenvalue weighted by Gasteiger charge is 2.31. The maximum absolute atomic E-state index is 12.0. The number of aromatic nitrogens is 2. The van der Waals surface area contributed by atoms with Gasteiger partial charge < -0.3 is 15.0 Å². The molecule has 1 saturated carbocycles. The minimum absolute atomic E-state index is 0.0841. The SMILES string of the molecule is CCn1ccnc(NCC2(CO)CCCCC2)c1=O. The van der Waals surface area contributed by atoms with Crippen LogP contribution in [0, 0.1) is 5.41 Å². The Morgan fingerprint density at radius 2 is 2.16 bits per heavy atom. The van der Waals surface area contributed by atoms with Crippen molar-refractivity contribution in [2.45, 2.75) is 45.6 Å². The lowest BCUT2D eigenvalue weighted by Crippen LogP contribution is -2.37. The highest BCUT2D eigenvalue weighted by molar-refractivity contribution is 5.31. The molecule has 0 amide bonds. The molecule has 0 unspecified atom stereocenters. The van der Waals surface area contributed by atoms with E-state index in [-0.39, 0.29) is 17.6 Å². The number of anilines is 1. The van der Waals surface area contributed by atoms with E-state index >= 15 is 0 Å². The Kier molecular flexibility index (Phi) is 4.58. The van der Waals surface area contributed by atoms with Gasteiger partial charge in [0.1, 0.15) is 0 Å². The second-order valence-electron chi connectivity index (χ2n) is 5.44. The molecule has 106 valence electrons. The molecule has 1 aromatic heterocycles. The van der Waals surface area contributed by atoms with E-state index in [9.17, 15) is 9.90 Å². The summed E-state index contributed by atoms with van der Waals surface area (Å²) in [6.07, 6.45) is 8.92. The zero-order valence-corrected chi connectivity index (χ0v) is 11.6. The highest BCUT2D eigenvalue weighted by Crippen LogP contribution is 2.35. The summed E-state index contributed by atoms with van der Waals surface area (Å²) in [5, 5.41) is 12.8. The summed E-state index contributed by atoms with van der Waals surface area (Å²) in [5.74, 6) is 0.391.